The maximum atomic E-state index is 14.0. The first-order valence-corrected chi connectivity index (χ1v) is 15.2. The number of halogens is 3. The van der Waals surface area contributed by atoms with Crippen molar-refractivity contribution in [3.05, 3.63) is 83.7 Å². The monoisotopic (exact) mass is 669 g/mol. The third kappa shape index (κ3) is 9.82. The lowest BCUT2D eigenvalue weighted by Crippen LogP contribution is -2.46. The van der Waals surface area contributed by atoms with Gasteiger partial charge in [-0.2, -0.15) is 19.0 Å². The van der Waals surface area contributed by atoms with Gasteiger partial charge in [0.25, 0.3) is 5.91 Å². The molecular formula is C32H38ClF2N9O3. The van der Waals surface area contributed by atoms with Gasteiger partial charge >= 0.3 is 12.6 Å². The number of hydrogen-bond donors (Lipinski definition) is 2. The van der Waals surface area contributed by atoms with Crippen molar-refractivity contribution in [3.63, 3.8) is 0 Å². The quantitative estimate of drug-likeness (QED) is 0.158. The number of ether oxygens (including phenoxy) is 1. The molecule has 0 bridgehead atoms. The third-order valence-corrected chi connectivity index (χ3v) is 6.88. The molecule has 2 aromatic heterocycles. The third-order valence-electron chi connectivity index (χ3n) is 6.57. The highest BCUT2D eigenvalue weighted by atomic mass is 35.5. The second kappa shape index (κ2) is 15.2. The van der Waals surface area contributed by atoms with Crippen LogP contribution in [0.4, 0.5) is 13.6 Å². The van der Waals surface area contributed by atoms with Crippen molar-refractivity contribution in [1.82, 2.24) is 34.8 Å². The van der Waals surface area contributed by atoms with E-state index in [1.807, 2.05) is 0 Å². The Labute approximate surface area is 276 Å². The standard InChI is InChI=1S/C27H26ClF2N9O3.C5H12/c1-32-26(31)39(24(40)17-4-2-16(3-5-17)19-11-34-37(12-19)25(29)30)23(13-42-27(41)36-20-7-8-20)18-6-9-21(28)22(10-18)38-15-33-14-35-38;1-5(2,3)4/h2-6,9-12,14-15,20,23,25H,7-8,13H2,1H3,(H2,31,32)(H,36,41);1-4H3. The average molecular weight is 670 g/mol. The number of carbonyl (C=O) groups excluding carboxylic acids is 2. The molecule has 1 fully saturated rings. The molecule has 47 heavy (non-hydrogen) atoms. The minimum Gasteiger partial charge on any atom is -0.447 e. The number of nitrogens with zero attached hydrogens (tertiary/aromatic N) is 7. The molecule has 0 saturated heterocycles. The van der Waals surface area contributed by atoms with Crippen LogP contribution in [0.3, 0.4) is 0 Å². The number of aromatic nitrogens is 5. The van der Waals surface area contributed by atoms with Crippen molar-refractivity contribution in [2.45, 2.75) is 59.2 Å². The van der Waals surface area contributed by atoms with Crippen molar-refractivity contribution in [3.8, 4) is 16.8 Å². The minimum atomic E-state index is -2.77. The fourth-order valence-corrected chi connectivity index (χ4v) is 4.41. The van der Waals surface area contributed by atoms with Crippen LogP contribution < -0.4 is 11.1 Å². The van der Waals surface area contributed by atoms with Crippen LogP contribution >= 0.6 is 11.6 Å². The SMILES string of the molecule is CC(C)(C)C.CN=C(N)N(C(=O)c1ccc(-c2cnn(C(F)F)c2)cc1)C(COC(=O)NC1CC1)c1ccc(Cl)c(-n2cncn2)c1. The number of aliphatic imine (C=N–C) groups is 1. The van der Waals surface area contributed by atoms with E-state index in [0.717, 1.165) is 12.8 Å². The summed E-state index contributed by atoms with van der Waals surface area (Å²) in [6.45, 7) is 5.72. The number of amides is 2. The largest absolute Gasteiger partial charge is 0.447 e. The minimum absolute atomic E-state index is 0.0664. The van der Waals surface area contributed by atoms with Gasteiger partial charge in [0.15, 0.2) is 5.96 Å². The van der Waals surface area contributed by atoms with E-state index in [0.29, 0.717) is 37.5 Å². The van der Waals surface area contributed by atoms with Gasteiger partial charge in [0.2, 0.25) is 0 Å². The number of benzene rings is 2. The smallest absolute Gasteiger partial charge is 0.407 e. The summed E-state index contributed by atoms with van der Waals surface area (Å²) in [5.41, 5.74) is 9.03. The van der Waals surface area contributed by atoms with Crippen molar-refractivity contribution >= 4 is 29.6 Å². The number of rotatable bonds is 9. The van der Waals surface area contributed by atoms with Crippen LogP contribution in [-0.2, 0) is 4.74 Å². The lowest BCUT2D eigenvalue weighted by molar-refractivity contribution is 0.0566. The molecule has 1 aliphatic carbocycles. The Morgan fingerprint density at radius 1 is 1.13 bits per heavy atom. The molecule has 12 nitrogen and oxygen atoms in total. The lowest BCUT2D eigenvalue weighted by Gasteiger charge is -2.31. The number of carbonyl (C=O) groups is 2. The second-order valence-corrected chi connectivity index (χ2v) is 12.8. The predicted octanol–water partition coefficient (Wildman–Crippen LogP) is 6.25. The summed E-state index contributed by atoms with van der Waals surface area (Å²) in [4.78, 5) is 35.6. The summed E-state index contributed by atoms with van der Waals surface area (Å²) in [5, 5.41) is 10.9. The zero-order valence-corrected chi connectivity index (χ0v) is 27.5. The molecule has 1 unspecified atom stereocenters. The van der Waals surface area contributed by atoms with E-state index >= 15 is 0 Å². The highest BCUT2D eigenvalue weighted by molar-refractivity contribution is 6.32. The summed E-state index contributed by atoms with van der Waals surface area (Å²) in [6.07, 6.45) is 6.46. The molecule has 2 aromatic carbocycles. The van der Waals surface area contributed by atoms with Crippen molar-refractivity contribution in [1.29, 1.82) is 0 Å². The molecule has 2 heterocycles. The van der Waals surface area contributed by atoms with Crippen molar-refractivity contribution < 1.29 is 23.1 Å². The van der Waals surface area contributed by atoms with Gasteiger partial charge in [-0.3, -0.25) is 14.7 Å². The Bertz CT molecular complexity index is 1680. The van der Waals surface area contributed by atoms with E-state index in [9.17, 15) is 18.4 Å². The number of alkyl halides is 2. The van der Waals surface area contributed by atoms with Gasteiger partial charge in [-0.1, -0.05) is 57.5 Å². The molecule has 0 aliphatic heterocycles. The lowest BCUT2D eigenvalue weighted by atomic mass is 10.0. The number of guanidine groups is 1. The topological polar surface area (TPSA) is 146 Å². The zero-order valence-electron chi connectivity index (χ0n) is 26.8. The molecular weight excluding hydrogens is 632 g/mol. The van der Waals surface area contributed by atoms with Crippen molar-refractivity contribution in [2.24, 2.45) is 16.1 Å². The van der Waals surface area contributed by atoms with Crippen LogP contribution in [0.25, 0.3) is 16.8 Å². The van der Waals surface area contributed by atoms with Crippen LogP contribution in [0.5, 0.6) is 0 Å². The molecule has 1 saturated carbocycles. The molecule has 1 atom stereocenters. The normalized spacial score (nSPS) is 13.9. The Kier molecular flexibility index (Phi) is 11.3. The van der Waals surface area contributed by atoms with Crippen LogP contribution in [0.2, 0.25) is 5.02 Å². The van der Waals surface area contributed by atoms with Gasteiger partial charge in [0.1, 0.15) is 19.3 Å². The highest BCUT2D eigenvalue weighted by Crippen LogP contribution is 2.30. The fraction of sp³-hybridized carbons (Fsp3) is 0.375. The van der Waals surface area contributed by atoms with Gasteiger partial charge in [0.05, 0.1) is 22.9 Å². The van der Waals surface area contributed by atoms with Gasteiger partial charge < -0.3 is 15.8 Å². The Morgan fingerprint density at radius 3 is 2.36 bits per heavy atom. The molecule has 1 aliphatic rings. The molecule has 2 amide bonds. The van der Waals surface area contributed by atoms with Crippen LogP contribution in [0.15, 0.2) is 72.5 Å². The van der Waals surface area contributed by atoms with E-state index in [2.05, 4.69) is 53.2 Å². The Balaban J connectivity index is 0.000000930. The van der Waals surface area contributed by atoms with Crippen LogP contribution in [0.1, 0.15) is 69.0 Å². The van der Waals surface area contributed by atoms with E-state index < -0.39 is 24.6 Å². The van der Waals surface area contributed by atoms with Gasteiger partial charge in [-0.25, -0.2) is 19.1 Å². The number of alkyl carbamates (subject to hydrolysis) is 1. The fourth-order valence-electron chi connectivity index (χ4n) is 4.21. The molecule has 0 spiro atoms. The van der Waals surface area contributed by atoms with E-state index in [1.165, 1.54) is 53.8 Å². The van der Waals surface area contributed by atoms with E-state index in [4.69, 9.17) is 22.1 Å². The molecule has 15 heteroatoms. The number of nitrogens with two attached hydrogens (primary N) is 1. The van der Waals surface area contributed by atoms with Gasteiger partial charge in [0, 0.05) is 30.4 Å². The molecule has 3 N–H and O–H groups in total. The van der Waals surface area contributed by atoms with E-state index in [-0.39, 0.29) is 24.2 Å². The van der Waals surface area contributed by atoms with Gasteiger partial charge in [-0.05, 0) is 53.6 Å². The molecule has 4 aromatic rings. The average Bonchev–Trinajstić information content (AvgIpc) is 3.43. The first-order valence-electron chi connectivity index (χ1n) is 14.8. The maximum Gasteiger partial charge on any atom is 0.407 e. The van der Waals surface area contributed by atoms with E-state index in [1.54, 1.807) is 30.3 Å². The number of nitrogens with one attached hydrogen (secondary N) is 1. The summed E-state index contributed by atoms with van der Waals surface area (Å²) in [7, 11) is 1.43. The first kappa shape index (κ1) is 35.0. The predicted molar refractivity (Wildman–Crippen MR) is 174 cm³/mol. The summed E-state index contributed by atoms with van der Waals surface area (Å²) >= 11 is 6.44. The van der Waals surface area contributed by atoms with Crippen molar-refractivity contribution in [2.75, 3.05) is 13.7 Å². The van der Waals surface area contributed by atoms with Crippen LogP contribution in [-0.4, -0.2) is 67.1 Å². The number of hydrogen-bond acceptors (Lipinski definition) is 7. The summed E-state index contributed by atoms with van der Waals surface area (Å²) in [5.74, 6) is -0.669. The molecule has 5 rings (SSSR count). The summed E-state index contributed by atoms with van der Waals surface area (Å²) < 4.78 is 33.5. The highest BCUT2D eigenvalue weighted by Gasteiger charge is 2.32. The molecule has 250 valence electrons. The van der Waals surface area contributed by atoms with Gasteiger partial charge in [-0.15, -0.1) is 0 Å². The maximum absolute atomic E-state index is 14.0. The first-order chi connectivity index (χ1) is 22.2. The van der Waals surface area contributed by atoms with Crippen LogP contribution in [0, 0.1) is 5.41 Å². The summed E-state index contributed by atoms with van der Waals surface area (Å²) in [6, 6.07) is 10.4. The Morgan fingerprint density at radius 2 is 1.81 bits per heavy atom. The molecule has 0 radical (unpaired) electrons. The zero-order chi connectivity index (χ0) is 34.3. The second-order valence-electron chi connectivity index (χ2n) is 12.4. The Hall–Kier alpha value is -4.85.